The van der Waals surface area contributed by atoms with E-state index in [0.717, 1.165) is 52.1 Å². The second-order valence-corrected chi connectivity index (χ2v) is 10.5. The molecule has 5 rings (SSSR count). The lowest BCUT2D eigenvalue weighted by Crippen LogP contribution is -2.48. The number of hydrogen-bond donors (Lipinski definition) is 2. The number of thiazole rings is 2. The molecule has 3 aromatic rings. The SMILES string of the molecule is Cc1nc(C)c(-c2csc(Nc3ccc(C(=O)N4[C@@H]5CC[C@H]4C[C@@H](OCC=N)C5)cn3)n2)s1. The fourth-order valence-corrected chi connectivity index (χ4v) is 6.50. The summed E-state index contributed by atoms with van der Waals surface area (Å²) in [4.78, 5) is 30.0. The van der Waals surface area contributed by atoms with Gasteiger partial charge in [0.05, 0.1) is 39.5 Å². The molecule has 5 heterocycles. The number of carbonyl (C=O) groups excluding carboxylic acids is 1. The summed E-state index contributed by atoms with van der Waals surface area (Å²) in [5.41, 5.74) is 2.52. The average molecular weight is 483 g/mol. The summed E-state index contributed by atoms with van der Waals surface area (Å²) >= 11 is 3.17. The van der Waals surface area contributed by atoms with Crippen molar-refractivity contribution in [3.8, 4) is 10.6 Å². The number of nitrogens with one attached hydrogen (secondary N) is 2. The fourth-order valence-electron chi connectivity index (χ4n) is 4.84. The van der Waals surface area contributed by atoms with Gasteiger partial charge in [0.25, 0.3) is 5.91 Å². The monoisotopic (exact) mass is 482 g/mol. The Morgan fingerprint density at radius 3 is 2.70 bits per heavy atom. The summed E-state index contributed by atoms with van der Waals surface area (Å²) in [5, 5.41) is 14.2. The first-order chi connectivity index (χ1) is 16.0. The van der Waals surface area contributed by atoms with E-state index >= 15 is 0 Å². The van der Waals surface area contributed by atoms with E-state index in [1.54, 1.807) is 17.5 Å². The molecule has 10 heteroatoms. The topological polar surface area (TPSA) is 104 Å². The highest BCUT2D eigenvalue weighted by Gasteiger charge is 2.43. The molecule has 2 fully saturated rings. The number of anilines is 2. The van der Waals surface area contributed by atoms with Gasteiger partial charge in [0, 0.05) is 29.9 Å². The lowest BCUT2D eigenvalue weighted by Gasteiger charge is -2.38. The number of aromatic nitrogens is 3. The zero-order chi connectivity index (χ0) is 22.9. The van der Waals surface area contributed by atoms with Crippen LogP contribution in [0.15, 0.2) is 23.7 Å². The number of ether oxygens (including phenoxy) is 1. The summed E-state index contributed by atoms with van der Waals surface area (Å²) in [6, 6.07) is 4.08. The van der Waals surface area contributed by atoms with Crippen LogP contribution in [-0.4, -0.2) is 56.8 Å². The van der Waals surface area contributed by atoms with Gasteiger partial charge in [0.15, 0.2) is 5.13 Å². The van der Waals surface area contributed by atoms with Gasteiger partial charge in [-0.3, -0.25) is 4.79 Å². The van der Waals surface area contributed by atoms with Gasteiger partial charge in [0.1, 0.15) is 5.82 Å². The van der Waals surface area contributed by atoms with Gasteiger partial charge in [-0.2, -0.15) is 0 Å². The molecule has 2 bridgehead atoms. The molecule has 0 saturated carbocycles. The molecule has 0 aliphatic carbocycles. The molecule has 33 heavy (non-hydrogen) atoms. The lowest BCUT2D eigenvalue weighted by atomic mass is 9.98. The third kappa shape index (κ3) is 4.55. The van der Waals surface area contributed by atoms with Crippen molar-refractivity contribution in [1.82, 2.24) is 19.9 Å². The van der Waals surface area contributed by atoms with Crippen molar-refractivity contribution in [2.45, 2.75) is 57.7 Å². The van der Waals surface area contributed by atoms with E-state index in [0.29, 0.717) is 18.0 Å². The number of fused-ring (bicyclic) bond motifs is 2. The lowest BCUT2D eigenvalue weighted by molar-refractivity contribution is -0.00000331. The van der Waals surface area contributed by atoms with E-state index in [2.05, 4.69) is 20.3 Å². The minimum atomic E-state index is 0.0413. The first-order valence-corrected chi connectivity index (χ1v) is 12.8. The van der Waals surface area contributed by atoms with Crippen molar-refractivity contribution in [2.24, 2.45) is 0 Å². The first-order valence-electron chi connectivity index (χ1n) is 11.1. The Kier molecular flexibility index (Phi) is 6.22. The molecule has 3 atom stereocenters. The van der Waals surface area contributed by atoms with Crippen LogP contribution in [0.3, 0.4) is 0 Å². The van der Waals surface area contributed by atoms with Gasteiger partial charge >= 0.3 is 0 Å². The number of amides is 1. The Bertz CT molecular complexity index is 1140. The van der Waals surface area contributed by atoms with Gasteiger partial charge in [0.2, 0.25) is 0 Å². The fraction of sp³-hybridized carbons (Fsp3) is 0.435. The number of pyridine rings is 1. The molecule has 0 radical (unpaired) electrons. The van der Waals surface area contributed by atoms with Crippen LogP contribution < -0.4 is 5.32 Å². The van der Waals surface area contributed by atoms with Crippen molar-refractivity contribution < 1.29 is 9.53 Å². The van der Waals surface area contributed by atoms with Crippen molar-refractivity contribution in [3.63, 3.8) is 0 Å². The molecule has 2 saturated heterocycles. The zero-order valence-corrected chi connectivity index (χ0v) is 20.2. The zero-order valence-electron chi connectivity index (χ0n) is 18.6. The Morgan fingerprint density at radius 1 is 1.27 bits per heavy atom. The average Bonchev–Trinajstić information content (AvgIpc) is 3.47. The smallest absolute Gasteiger partial charge is 0.255 e. The van der Waals surface area contributed by atoms with Crippen LogP contribution in [0.5, 0.6) is 0 Å². The van der Waals surface area contributed by atoms with Gasteiger partial charge < -0.3 is 20.4 Å². The summed E-state index contributed by atoms with van der Waals surface area (Å²) in [6.45, 7) is 4.35. The predicted molar refractivity (Wildman–Crippen MR) is 131 cm³/mol. The number of carbonyl (C=O) groups is 1. The van der Waals surface area contributed by atoms with Crippen molar-refractivity contribution in [1.29, 1.82) is 5.41 Å². The molecule has 0 unspecified atom stereocenters. The molecule has 3 aromatic heterocycles. The quantitative estimate of drug-likeness (QED) is 0.468. The number of aryl methyl sites for hydroxylation is 2. The number of nitrogens with zero attached hydrogens (tertiary/aromatic N) is 4. The van der Waals surface area contributed by atoms with E-state index in [1.165, 1.54) is 17.6 Å². The largest absolute Gasteiger partial charge is 0.372 e. The molecule has 2 aliphatic rings. The van der Waals surface area contributed by atoms with Gasteiger partial charge in [-0.15, -0.1) is 22.7 Å². The van der Waals surface area contributed by atoms with Crippen LogP contribution in [0.2, 0.25) is 0 Å². The van der Waals surface area contributed by atoms with Crippen LogP contribution in [0.1, 0.15) is 46.7 Å². The maximum Gasteiger partial charge on any atom is 0.255 e. The molecule has 0 spiro atoms. The second kappa shape index (κ2) is 9.28. The standard InChI is InChI=1S/C23H26N6O2S2/c1-13-21(33-14(2)26-13)19-12-32-23(27-19)28-20-6-3-15(11-25-20)22(30)29-16-4-5-17(29)10-18(9-16)31-8-7-24/h3,6-7,11-12,16-18,24H,4-5,8-10H2,1-2H3,(H,25,27,28)/t16-,17+,18+. The van der Waals surface area contributed by atoms with E-state index < -0.39 is 0 Å². The molecule has 172 valence electrons. The van der Waals surface area contributed by atoms with Gasteiger partial charge in [-0.1, -0.05) is 0 Å². The van der Waals surface area contributed by atoms with Crippen molar-refractivity contribution >= 4 is 45.7 Å². The normalized spacial score (nSPS) is 21.9. The Morgan fingerprint density at radius 2 is 2.06 bits per heavy atom. The summed E-state index contributed by atoms with van der Waals surface area (Å²) in [6.07, 6.45) is 6.78. The molecule has 0 aromatic carbocycles. The minimum absolute atomic E-state index is 0.0413. The Hall–Kier alpha value is -2.69. The van der Waals surface area contributed by atoms with E-state index in [9.17, 15) is 4.79 Å². The molecule has 8 nitrogen and oxygen atoms in total. The number of hydrogen-bond acceptors (Lipinski definition) is 9. The number of rotatable bonds is 7. The maximum atomic E-state index is 13.2. The Labute approximate surface area is 200 Å². The van der Waals surface area contributed by atoms with Gasteiger partial charge in [-0.25, -0.2) is 15.0 Å². The maximum absolute atomic E-state index is 13.2. The van der Waals surface area contributed by atoms with Crippen LogP contribution in [0, 0.1) is 19.3 Å². The van der Waals surface area contributed by atoms with Gasteiger partial charge in [-0.05, 0) is 51.7 Å². The Balaban J connectivity index is 1.24. The molecule has 2 aliphatic heterocycles. The third-order valence-electron chi connectivity index (χ3n) is 6.23. The van der Waals surface area contributed by atoms with Crippen LogP contribution >= 0.6 is 22.7 Å². The minimum Gasteiger partial charge on any atom is -0.372 e. The summed E-state index contributed by atoms with van der Waals surface area (Å²) in [5.74, 6) is 0.700. The third-order valence-corrected chi connectivity index (χ3v) is 8.08. The van der Waals surface area contributed by atoms with Crippen LogP contribution in [-0.2, 0) is 4.74 Å². The molecule has 2 N–H and O–H groups in total. The van der Waals surface area contributed by atoms with E-state index in [4.69, 9.17) is 10.1 Å². The highest BCUT2D eigenvalue weighted by molar-refractivity contribution is 7.16. The summed E-state index contributed by atoms with van der Waals surface area (Å²) < 4.78 is 5.75. The molecular weight excluding hydrogens is 456 g/mol. The molecule has 1 amide bonds. The van der Waals surface area contributed by atoms with Crippen LogP contribution in [0.4, 0.5) is 10.9 Å². The first kappa shape index (κ1) is 22.1. The highest BCUT2D eigenvalue weighted by Crippen LogP contribution is 2.38. The predicted octanol–water partition coefficient (Wildman–Crippen LogP) is 4.82. The second-order valence-electron chi connectivity index (χ2n) is 8.47. The number of piperidine rings is 1. The van der Waals surface area contributed by atoms with E-state index in [-0.39, 0.29) is 24.1 Å². The molecular formula is C23H26N6O2S2. The summed E-state index contributed by atoms with van der Waals surface area (Å²) in [7, 11) is 0. The van der Waals surface area contributed by atoms with Crippen molar-refractivity contribution in [2.75, 3.05) is 11.9 Å². The highest BCUT2D eigenvalue weighted by atomic mass is 32.1. The van der Waals surface area contributed by atoms with Crippen molar-refractivity contribution in [3.05, 3.63) is 40.0 Å². The van der Waals surface area contributed by atoms with E-state index in [1.807, 2.05) is 36.3 Å². The van der Waals surface area contributed by atoms with Crippen LogP contribution in [0.25, 0.3) is 10.6 Å².